The Balaban J connectivity index is 1.81. The summed E-state index contributed by atoms with van der Waals surface area (Å²) in [4.78, 5) is 15.2. The number of hydrogen-bond donors (Lipinski definition) is 0. The first-order chi connectivity index (χ1) is 8.93. The fourth-order valence-corrected chi connectivity index (χ4v) is 2.09. The van der Waals surface area contributed by atoms with E-state index in [4.69, 9.17) is 9.47 Å². The highest BCUT2D eigenvalue weighted by Gasteiger charge is 2.16. The van der Waals surface area contributed by atoms with Crippen molar-refractivity contribution in [3.63, 3.8) is 0 Å². The van der Waals surface area contributed by atoms with Crippen molar-refractivity contribution in [1.29, 1.82) is 0 Å². The quantitative estimate of drug-likeness (QED) is 0.760. The molecule has 2 aliphatic rings. The minimum atomic E-state index is 0.647. The largest absolute Gasteiger partial charge is 0.378 e. The Morgan fingerprint density at radius 3 is 2.72 bits per heavy atom. The van der Waals surface area contributed by atoms with Gasteiger partial charge in [0.05, 0.1) is 26.4 Å². The van der Waals surface area contributed by atoms with Gasteiger partial charge in [-0.05, 0) is 12.0 Å². The Morgan fingerprint density at radius 2 is 1.94 bits per heavy atom. The van der Waals surface area contributed by atoms with Crippen LogP contribution in [0, 0.1) is 0 Å². The Labute approximate surface area is 106 Å². The Morgan fingerprint density at radius 1 is 1.06 bits per heavy atom. The van der Waals surface area contributed by atoms with Gasteiger partial charge in [0.25, 0.3) is 0 Å². The Kier molecular flexibility index (Phi) is 3.47. The molecule has 0 unspecified atom stereocenters. The SMILES string of the molecule is C1=C(c2ncnc(N3CCOCC3)n2)CCOC1. The predicted molar refractivity (Wildman–Crippen MR) is 66.3 cm³/mol. The van der Waals surface area contributed by atoms with E-state index in [1.165, 1.54) is 0 Å². The third-order valence-electron chi connectivity index (χ3n) is 3.10. The maximum atomic E-state index is 5.33. The highest BCUT2D eigenvalue weighted by atomic mass is 16.5. The zero-order valence-electron chi connectivity index (χ0n) is 10.2. The normalized spacial score (nSPS) is 20.7. The van der Waals surface area contributed by atoms with Gasteiger partial charge in [0.15, 0.2) is 5.82 Å². The fourth-order valence-electron chi connectivity index (χ4n) is 2.09. The summed E-state index contributed by atoms with van der Waals surface area (Å²) >= 11 is 0. The van der Waals surface area contributed by atoms with Gasteiger partial charge in [-0.1, -0.05) is 6.08 Å². The molecule has 2 aliphatic heterocycles. The van der Waals surface area contributed by atoms with Gasteiger partial charge in [-0.3, -0.25) is 0 Å². The zero-order valence-corrected chi connectivity index (χ0v) is 10.2. The molecule has 1 fully saturated rings. The molecule has 0 amide bonds. The van der Waals surface area contributed by atoms with Crippen LogP contribution in [0.1, 0.15) is 12.2 Å². The van der Waals surface area contributed by atoms with Gasteiger partial charge in [-0.15, -0.1) is 0 Å². The first kappa shape index (κ1) is 11.6. The Bertz CT molecular complexity index is 443. The second-order valence-electron chi connectivity index (χ2n) is 4.26. The van der Waals surface area contributed by atoms with Crippen molar-refractivity contribution in [3.8, 4) is 0 Å². The molecule has 1 saturated heterocycles. The summed E-state index contributed by atoms with van der Waals surface area (Å²) in [6.07, 6.45) is 4.50. The minimum Gasteiger partial charge on any atom is -0.378 e. The molecule has 0 saturated carbocycles. The molecule has 6 heteroatoms. The maximum Gasteiger partial charge on any atom is 0.229 e. The van der Waals surface area contributed by atoms with Crippen LogP contribution in [0.3, 0.4) is 0 Å². The van der Waals surface area contributed by atoms with Gasteiger partial charge in [-0.25, -0.2) is 9.97 Å². The number of nitrogens with zero attached hydrogens (tertiary/aromatic N) is 4. The molecule has 0 spiro atoms. The van der Waals surface area contributed by atoms with Crippen LogP contribution in [-0.4, -0.2) is 54.5 Å². The van der Waals surface area contributed by atoms with Crippen molar-refractivity contribution in [2.24, 2.45) is 0 Å². The van der Waals surface area contributed by atoms with Gasteiger partial charge >= 0.3 is 0 Å². The highest BCUT2D eigenvalue weighted by molar-refractivity contribution is 5.61. The molecular formula is C12H16N4O2. The van der Waals surface area contributed by atoms with Gasteiger partial charge in [0.1, 0.15) is 6.33 Å². The van der Waals surface area contributed by atoms with Gasteiger partial charge in [0.2, 0.25) is 5.95 Å². The second kappa shape index (κ2) is 5.41. The molecule has 3 heterocycles. The van der Waals surface area contributed by atoms with E-state index in [9.17, 15) is 0 Å². The summed E-state index contributed by atoms with van der Waals surface area (Å²) in [5.74, 6) is 1.52. The van der Waals surface area contributed by atoms with E-state index < -0.39 is 0 Å². The summed E-state index contributed by atoms with van der Waals surface area (Å²) < 4.78 is 10.6. The fraction of sp³-hybridized carbons (Fsp3) is 0.583. The van der Waals surface area contributed by atoms with Crippen molar-refractivity contribution in [2.45, 2.75) is 6.42 Å². The molecule has 0 N–H and O–H groups in total. The van der Waals surface area contributed by atoms with Crippen LogP contribution >= 0.6 is 0 Å². The van der Waals surface area contributed by atoms with Crippen LogP contribution in [0.5, 0.6) is 0 Å². The summed E-state index contributed by atoms with van der Waals surface area (Å²) in [6.45, 7) is 4.53. The number of ether oxygens (including phenoxy) is 2. The van der Waals surface area contributed by atoms with E-state index in [1.807, 2.05) is 6.08 Å². The van der Waals surface area contributed by atoms with Crippen LogP contribution < -0.4 is 4.90 Å². The average Bonchev–Trinajstić information content (AvgIpc) is 2.49. The van der Waals surface area contributed by atoms with E-state index in [0.29, 0.717) is 6.61 Å². The van der Waals surface area contributed by atoms with E-state index in [0.717, 1.165) is 56.7 Å². The van der Waals surface area contributed by atoms with Gasteiger partial charge < -0.3 is 14.4 Å². The topological polar surface area (TPSA) is 60.4 Å². The number of morpholine rings is 1. The van der Waals surface area contributed by atoms with Crippen LogP contribution in [0.25, 0.3) is 5.57 Å². The Hall–Kier alpha value is -1.53. The van der Waals surface area contributed by atoms with E-state index in [2.05, 4.69) is 19.9 Å². The van der Waals surface area contributed by atoms with E-state index >= 15 is 0 Å². The van der Waals surface area contributed by atoms with E-state index in [-0.39, 0.29) is 0 Å². The number of hydrogen-bond acceptors (Lipinski definition) is 6. The van der Waals surface area contributed by atoms with Crippen LogP contribution in [0.4, 0.5) is 5.95 Å². The molecular weight excluding hydrogens is 232 g/mol. The van der Waals surface area contributed by atoms with Crippen LogP contribution in [-0.2, 0) is 9.47 Å². The summed E-state index contributed by atoms with van der Waals surface area (Å²) in [5, 5.41) is 0. The molecule has 0 aromatic carbocycles. The van der Waals surface area contributed by atoms with Crippen LogP contribution in [0.2, 0.25) is 0 Å². The number of rotatable bonds is 2. The molecule has 0 bridgehead atoms. The van der Waals surface area contributed by atoms with Gasteiger partial charge in [0, 0.05) is 13.1 Å². The van der Waals surface area contributed by atoms with Gasteiger partial charge in [-0.2, -0.15) is 4.98 Å². The number of aromatic nitrogens is 3. The molecule has 18 heavy (non-hydrogen) atoms. The highest BCUT2D eigenvalue weighted by Crippen LogP contribution is 2.19. The molecule has 6 nitrogen and oxygen atoms in total. The molecule has 1 aromatic heterocycles. The smallest absolute Gasteiger partial charge is 0.229 e. The lowest BCUT2D eigenvalue weighted by Gasteiger charge is -2.26. The summed E-state index contributed by atoms with van der Waals surface area (Å²) in [7, 11) is 0. The lowest BCUT2D eigenvalue weighted by atomic mass is 10.1. The minimum absolute atomic E-state index is 0.647. The predicted octanol–water partition coefficient (Wildman–Crippen LogP) is 0.512. The first-order valence-corrected chi connectivity index (χ1v) is 6.22. The lowest BCUT2D eigenvalue weighted by molar-refractivity contribution is 0.122. The molecule has 3 rings (SSSR count). The van der Waals surface area contributed by atoms with Crippen molar-refractivity contribution < 1.29 is 9.47 Å². The monoisotopic (exact) mass is 248 g/mol. The average molecular weight is 248 g/mol. The molecule has 96 valence electrons. The third-order valence-corrected chi connectivity index (χ3v) is 3.10. The standard InChI is InChI=1S/C12H16N4O2/c1-5-17-6-2-10(1)11-13-9-14-12(15-11)16-3-7-18-8-4-16/h1,9H,2-8H2. The maximum absolute atomic E-state index is 5.33. The molecule has 0 aliphatic carbocycles. The summed E-state index contributed by atoms with van der Waals surface area (Å²) in [6, 6.07) is 0. The summed E-state index contributed by atoms with van der Waals surface area (Å²) in [5.41, 5.74) is 1.15. The van der Waals surface area contributed by atoms with Crippen LogP contribution in [0.15, 0.2) is 12.4 Å². The number of anilines is 1. The molecule has 0 radical (unpaired) electrons. The first-order valence-electron chi connectivity index (χ1n) is 6.22. The zero-order chi connectivity index (χ0) is 12.2. The molecule has 0 atom stereocenters. The lowest BCUT2D eigenvalue weighted by Crippen LogP contribution is -2.37. The van der Waals surface area contributed by atoms with Crippen molar-refractivity contribution >= 4 is 11.5 Å². The van der Waals surface area contributed by atoms with E-state index in [1.54, 1.807) is 6.33 Å². The molecule has 1 aromatic rings. The second-order valence-corrected chi connectivity index (χ2v) is 4.26. The third kappa shape index (κ3) is 2.49. The van der Waals surface area contributed by atoms with Crippen molar-refractivity contribution in [1.82, 2.24) is 15.0 Å². The van der Waals surface area contributed by atoms with Crippen molar-refractivity contribution in [3.05, 3.63) is 18.2 Å². The van der Waals surface area contributed by atoms with Crippen molar-refractivity contribution in [2.75, 3.05) is 44.4 Å².